The van der Waals surface area contributed by atoms with Crippen LogP contribution >= 0.6 is 23.2 Å². The highest BCUT2D eigenvalue weighted by Gasteiger charge is 2.14. The third-order valence-electron chi connectivity index (χ3n) is 4.03. The molecule has 0 atom stereocenters. The van der Waals surface area contributed by atoms with E-state index in [1.54, 1.807) is 30.6 Å². The first-order chi connectivity index (χ1) is 12.3. The van der Waals surface area contributed by atoms with Gasteiger partial charge in [0.25, 0.3) is 0 Å². The molecular weight excluding hydrogens is 371 g/mol. The van der Waals surface area contributed by atoms with Crippen molar-refractivity contribution in [2.45, 2.75) is 27.4 Å². The van der Waals surface area contributed by atoms with Crippen LogP contribution in [0.3, 0.4) is 0 Å². The average Bonchev–Trinajstić information content (AvgIpc) is 2.60. The van der Waals surface area contributed by atoms with Crippen LogP contribution in [-0.2, 0) is 11.3 Å². The van der Waals surface area contributed by atoms with Crippen LogP contribution in [0.4, 0.5) is 5.69 Å². The second-order valence-electron chi connectivity index (χ2n) is 6.08. The molecule has 0 amide bonds. The summed E-state index contributed by atoms with van der Waals surface area (Å²) in [5.41, 5.74) is 3.79. The number of nitrogens with zero attached hydrogens (tertiary/aromatic N) is 2. The number of ether oxygens (including phenoxy) is 1. The number of carbonyl (C=O) groups is 1. The lowest BCUT2D eigenvalue weighted by atomic mass is 10.0. The van der Waals surface area contributed by atoms with Gasteiger partial charge in [-0.3, -0.25) is 0 Å². The van der Waals surface area contributed by atoms with E-state index >= 15 is 0 Å². The summed E-state index contributed by atoms with van der Waals surface area (Å²) in [6, 6.07) is 8.78. The van der Waals surface area contributed by atoms with Crippen molar-refractivity contribution in [3.63, 3.8) is 0 Å². The van der Waals surface area contributed by atoms with Crippen molar-refractivity contribution < 1.29 is 9.53 Å². The Bertz CT molecular complexity index is 835. The van der Waals surface area contributed by atoms with Crippen LogP contribution in [0, 0.1) is 13.8 Å². The quantitative estimate of drug-likeness (QED) is 0.366. The largest absolute Gasteiger partial charge is 0.457 e. The monoisotopic (exact) mass is 392 g/mol. The first-order valence-electron chi connectivity index (χ1n) is 8.28. The maximum Gasteiger partial charge on any atom is 0.338 e. The summed E-state index contributed by atoms with van der Waals surface area (Å²) in [6.45, 7) is 6.81. The Labute approximate surface area is 164 Å². The van der Waals surface area contributed by atoms with E-state index in [0.29, 0.717) is 21.2 Å². The SMILES string of the molecule is CCN(C)C=Nc1cc(C)c(C(=O)OCc2ccc(Cl)cc2Cl)cc1C. The Balaban J connectivity index is 2.13. The molecule has 0 saturated heterocycles. The molecule has 2 aromatic rings. The summed E-state index contributed by atoms with van der Waals surface area (Å²) in [6.07, 6.45) is 1.78. The topological polar surface area (TPSA) is 41.9 Å². The minimum Gasteiger partial charge on any atom is -0.457 e. The fraction of sp³-hybridized carbons (Fsp3) is 0.300. The molecule has 2 rings (SSSR count). The molecule has 138 valence electrons. The maximum absolute atomic E-state index is 12.5. The van der Waals surface area contributed by atoms with Crippen LogP contribution in [-0.4, -0.2) is 30.8 Å². The third-order valence-corrected chi connectivity index (χ3v) is 4.62. The fourth-order valence-electron chi connectivity index (χ4n) is 2.26. The summed E-state index contributed by atoms with van der Waals surface area (Å²) in [5.74, 6) is -0.391. The van der Waals surface area contributed by atoms with E-state index in [2.05, 4.69) is 11.9 Å². The van der Waals surface area contributed by atoms with E-state index in [9.17, 15) is 4.79 Å². The van der Waals surface area contributed by atoms with Gasteiger partial charge in [-0.25, -0.2) is 9.79 Å². The molecule has 0 aliphatic carbocycles. The van der Waals surface area contributed by atoms with E-state index in [0.717, 1.165) is 23.4 Å². The summed E-state index contributed by atoms with van der Waals surface area (Å²) >= 11 is 12.0. The number of aliphatic imine (C=N–C) groups is 1. The van der Waals surface area contributed by atoms with Crippen molar-refractivity contribution >= 4 is 41.2 Å². The van der Waals surface area contributed by atoms with Gasteiger partial charge >= 0.3 is 5.97 Å². The molecule has 6 heteroatoms. The molecule has 0 fully saturated rings. The molecule has 0 saturated carbocycles. The molecule has 0 radical (unpaired) electrons. The zero-order valence-electron chi connectivity index (χ0n) is 15.3. The summed E-state index contributed by atoms with van der Waals surface area (Å²) in [7, 11) is 1.96. The Morgan fingerprint density at radius 1 is 1.19 bits per heavy atom. The number of aryl methyl sites for hydroxylation is 2. The van der Waals surface area contributed by atoms with E-state index < -0.39 is 5.97 Å². The van der Waals surface area contributed by atoms with E-state index in [4.69, 9.17) is 27.9 Å². The number of hydrogen-bond acceptors (Lipinski definition) is 3. The van der Waals surface area contributed by atoms with Crippen molar-refractivity contribution in [1.82, 2.24) is 4.90 Å². The number of esters is 1. The first-order valence-corrected chi connectivity index (χ1v) is 9.04. The van der Waals surface area contributed by atoms with Crippen molar-refractivity contribution in [2.75, 3.05) is 13.6 Å². The smallest absolute Gasteiger partial charge is 0.338 e. The van der Waals surface area contributed by atoms with Crippen molar-refractivity contribution in [1.29, 1.82) is 0 Å². The van der Waals surface area contributed by atoms with Gasteiger partial charge in [0.2, 0.25) is 0 Å². The van der Waals surface area contributed by atoms with Gasteiger partial charge in [0, 0.05) is 29.2 Å². The molecule has 0 unspecified atom stereocenters. The zero-order valence-corrected chi connectivity index (χ0v) is 16.9. The Kier molecular flexibility index (Phi) is 7.06. The lowest BCUT2D eigenvalue weighted by molar-refractivity contribution is 0.0472. The molecule has 0 bridgehead atoms. The number of benzene rings is 2. The van der Waals surface area contributed by atoms with Gasteiger partial charge < -0.3 is 9.64 Å². The predicted molar refractivity (Wildman–Crippen MR) is 108 cm³/mol. The Hall–Kier alpha value is -2.04. The van der Waals surface area contributed by atoms with E-state index in [1.165, 1.54) is 0 Å². The highest BCUT2D eigenvalue weighted by Crippen LogP contribution is 2.25. The van der Waals surface area contributed by atoms with Crippen LogP contribution in [0.1, 0.15) is 34.0 Å². The predicted octanol–water partition coefficient (Wildman–Crippen LogP) is 5.58. The van der Waals surface area contributed by atoms with Crippen LogP contribution in [0.2, 0.25) is 10.0 Å². The molecule has 0 aromatic heterocycles. The minimum atomic E-state index is -0.391. The lowest BCUT2D eigenvalue weighted by Gasteiger charge is -2.12. The molecule has 2 aromatic carbocycles. The van der Waals surface area contributed by atoms with Crippen molar-refractivity contribution in [2.24, 2.45) is 4.99 Å². The highest BCUT2D eigenvalue weighted by atomic mass is 35.5. The highest BCUT2D eigenvalue weighted by molar-refractivity contribution is 6.35. The molecule has 26 heavy (non-hydrogen) atoms. The minimum absolute atomic E-state index is 0.0918. The summed E-state index contributed by atoms with van der Waals surface area (Å²) < 4.78 is 5.41. The van der Waals surface area contributed by atoms with Crippen molar-refractivity contribution in [3.05, 3.63) is 62.6 Å². The third kappa shape index (κ3) is 5.23. The second kappa shape index (κ2) is 9.06. The number of hydrogen-bond donors (Lipinski definition) is 0. The lowest BCUT2D eigenvalue weighted by Crippen LogP contribution is -2.14. The molecule has 0 heterocycles. The Morgan fingerprint density at radius 2 is 1.92 bits per heavy atom. The summed E-state index contributed by atoms with van der Waals surface area (Å²) in [4.78, 5) is 18.9. The van der Waals surface area contributed by atoms with E-state index in [1.807, 2.05) is 31.9 Å². The summed E-state index contributed by atoms with van der Waals surface area (Å²) in [5, 5.41) is 1.02. The Morgan fingerprint density at radius 3 is 2.58 bits per heavy atom. The molecule has 0 aliphatic heterocycles. The molecule has 0 spiro atoms. The fourth-order valence-corrected chi connectivity index (χ4v) is 2.73. The number of carbonyl (C=O) groups excluding carboxylic acids is 1. The molecule has 0 N–H and O–H groups in total. The normalized spacial score (nSPS) is 11.0. The average molecular weight is 393 g/mol. The second-order valence-corrected chi connectivity index (χ2v) is 6.93. The van der Waals surface area contributed by atoms with Gasteiger partial charge in [0.15, 0.2) is 0 Å². The van der Waals surface area contributed by atoms with Gasteiger partial charge in [0.1, 0.15) is 6.61 Å². The molecule has 4 nitrogen and oxygen atoms in total. The van der Waals surface area contributed by atoms with Crippen LogP contribution < -0.4 is 0 Å². The van der Waals surface area contributed by atoms with Crippen LogP contribution in [0.15, 0.2) is 35.3 Å². The molecular formula is C20H22Cl2N2O2. The van der Waals surface area contributed by atoms with Crippen molar-refractivity contribution in [3.8, 4) is 0 Å². The zero-order chi connectivity index (χ0) is 19.3. The van der Waals surface area contributed by atoms with Gasteiger partial charge in [-0.2, -0.15) is 0 Å². The first kappa shape index (κ1) is 20.3. The van der Waals surface area contributed by atoms with Gasteiger partial charge in [0.05, 0.1) is 17.6 Å². The maximum atomic E-state index is 12.5. The number of rotatable bonds is 6. The van der Waals surface area contributed by atoms with Gasteiger partial charge in [-0.15, -0.1) is 0 Å². The van der Waals surface area contributed by atoms with Crippen LogP contribution in [0.5, 0.6) is 0 Å². The molecule has 0 aliphatic rings. The van der Waals surface area contributed by atoms with E-state index in [-0.39, 0.29) is 6.61 Å². The van der Waals surface area contributed by atoms with Gasteiger partial charge in [-0.1, -0.05) is 29.3 Å². The van der Waals surface area contributed by atoms with Crippen LogP contribution in [0.25, 0.3) is 0 Å². The standard InChI is InChI=1S/C20H22Cl2N2O2/c1-5-24(4)12-23-19-9-13(2)17(8-14(19)3)20(25)26-11-15-6-7-16(21)10-18(15)22/h6-10,12H,5,11H2,1-4H3. The number of halogens is 2. The van der Waals surface area contributed by atoms with Gasteiger partial charge in [-0.05, 0) is 56.2 Å².